The predicted molar refractivity (Wildman–Crippen MR) is 128 cm³/mol. The molecule has 1 heterocycles. The average Bonchev–Trinajstić information content (AvgIpc) is 3.05. The van der Waals surface area contributed by atoms with E-state index in [1.54, 1.807) is 19.2 Å². The zero-order valence-corrected chi connectivity index (χ0v) is 18.9. The van der Waals surface area contributed by atoms with Gasteiger partial charge in [0.15, 0.2) is 0 Å². The van der Waals surface area contributed by atoms with Crippen LogP contribution in [0.5, 0.6) is 5.75 Å². The summed E-state index contributed by atoms with van der Waals surface area (Å²) in [4.78, 5) is 26.2. The van der Waals surface area contributed by atoms with Gasteiger partial charge in [-0.05, 0) is 67.4 Å². The van der Waals surface area contributed by atoms with Crippen LogP contribution in [-0.4, -0.2) is 23.4 Å². The number of Topliss-reactive ketones (excluding diaryl/α,β-unsaturated/α-hetero) is 1. The lowest BCUT2D eigenvalue weighted by atomic mass is 10.1. The lowest BCUT2D eigenvalue weighted by molar-refractivity contribution is -0.112. The normalized spacial score (nSPS) is 10.9. The smallest absolute Gasteiger partial charge is 0.296 e. The second-order valence-electron chi connectivity index (χ2n) is 7.71. The minimum atomic E-state index is -0.674. The molecule has 32 heavy (non-hydrogen) atoms. The molecule has 0 radical (unpaired) electrons. The largest absolute Gasteiger partial charge is 0.497 e. The van der Waals surface area contributed by atoms with Crippen LogP contribution in [0.2, 0.25) is 5.02 Å². The first-order valence-corrected chi connectivity index (χ1v) is 10.6. The second-order valence-corrected chi connectivity index (χ2v) is 8.15. The molecule has 0 saturated carbocycles. The molecule has 0 bridgehead atoms. The van der Waals surface area contributed by atoms with Gasteiger partial charge in [0.05, 0.1) is 12.7 Å². The Morgan fingerprint density at radius 2 is 1.75 bits per heavy atom. The Morgan fingerprint density at radius 3 is 2.44 bits per heavy atom. The van der Waals surface area contributed by atoms with Crippen molar-refractivity contribution in [1.29, 1.82) is 0 Å². The van der Waals surface area contributed by atoms with Gasteiger partial charge in [-0.3, -0.25) is 9.59 Å². The van der Waals surface area contributed by atoms with Crippen molar-refractivity contribution >= 4 is 39.9 Å². The third kappa shape index (κ3) is 4.25. The van der Waals surface area contributed by atoms with Crippen molar-refractivity contribution in [3.63, 3.8) is 0 Å². The third-order valence-electron chi connectivity index (χ3n) is 5.49. The number of hydrogen-bond acceptors (Lipinski definition) is 3. The Labute approximate surface area is 191 Å². The Morgan fingerprint density at radius 1 is 1.00 bits per heavy atom. The summed E-state index contributed by atoms with van der Waals surface area (Å²) in [6.07, 6.45) is 0. The van der Waals surface area contributed by atoms with E-state index in [0.717, 1.165) is 16.6 Å². The number of carbonyl (C=O) groups is 2. The van der Waals surface area contributed by atoms with Crippen LogP contribution in [0.4, 0.5) is 5.69 Å². The Bertz CT molecular complexity index is 1320. The number of ether oxygens (including phenoxy) is 1. The summed E-state index contributed by atoms with van der Waals surface area (Å²) >= 11 is 6.02. The fraction of sp³-hybridized carbons (Fsp3) is 0.154. The number of carbonyl (C=O) groups excluding carboxylic acids is 2. The van der Waals surface area contributed by atoms with E-state index in [4.69, 9.17) is 16.3 Å². The van der Waals surface area contributed by atoms with E-state index < -0.39 is 11.7 Å². The van der Waals surface area contributed by atoms with Crippen LogP contribution in [0.1, 0.15) is 27.2 Å². The van der Waals surface area contributed by atoms with Gasteiger partial charge in [0.1, 0.15) is 5.75 Å². The maximum atomic E-state index is 13.3. The molecular weight excluding hydrogens is 424 g/mol. The molecule has 0 spiro atoms. The second kappa shape index (κ2) is 8.89. The Kier molecular flexibility index (Phi) is 6.01. The van der Waals surface area contributed by atoms with Crippen molar-refractivity contribution in [2.75, 3.05) is 12.4 Å². The van der Waals surface area contributed by atoms with E-state index in [1.807, 2.05) is 73.0 Å². The number of halogens is 1. The van der Waals surface area contributed by atoms with Crippen molar-refractivity contribution < 1.29 is 14.3 Å². The van der Waals surface area contributed by atoms with Gasteiger partial charge >= 0.3 is 0 Å². The van der Waals surface area contributed by atoms with Crippen molar-refractivity contribution in [1.82, 2.24) is 4.57 Å². The van der Waals surface area contributed by atoms with Gasteiger partial charge in [0.2, 0.25) is 0 Å². The molecule has 3 aromatic carbocycles. The molecule has 0 unspecified atom stereocenters. The molecule has 0 fully saturated rings. The van der Waals surface area contributed by atoms with E-state index in [1.165, 1.54) is 0 Å². The summed E-state index contributed by atoms with van der Waals surface area (Å²) < 4.78 is 7.40. The van der Waals surface area contributed by atoms with E-state index in [2.05, 4.69) is 5.32 Å². The van der Waals surface area contributed by atoms with Crippen molar-refractivity contribution in [3.05, 3.63) is 94.1 Å². The highest BCUT2D eigenvalue weighted by Gasteiger charge is 2.26. The molecule has 4 rings (SSSR count). The highest BCUT2D eigenvalue weighted by atomic mass is 35.5. The van der Waals surface area contributed by atoms with E-state index in [9.17, 15) is 9.59 Å². The monoisotopic (exact) mass is 446 g/mol. The molecule has 0 aliphatic carbocycles. The van der Waals surface area contributed by atoms with Crippen LogP contribution < -0.4 is 10.1 Å². The number of anilines is 1. The Hall–Kier alpha value is -3.57. The summed E-state index contributed by atoms with van der Waals surface area (Å²) in [5.74, 6) is -0.640. The number of benzene rings is 3. The summed E-state index contributed by atoms with van der Waals surface area (Å²) in [5.41, 5.74) is 4.56. The molecule has 6 heteroatoms. The molecule has 1 aromatic heterocycles. The quantitative estimate of drug-likeness (QED) is 0.301. The Balaban J connectivity index is 1.77. The highest BCUT2D eigenvalue weighted by Crippen LogP contribution is 2.31. The number of aryl methyl sites for hydroxylation is 1. The lowest BCUT2D eigenvalue weighted by Gasteiger charge is -2.09. The van der Waals surface area contributed by atoms with Gasteiger partial charge in [-0.25, -0.2) is 0 Å². The molecule has 0 aliphatic heterocycles. The van der Waals surface area contributed by atoms with Gasteiger partial charge in [0.25, 0.3) is 11.7 Å². The number of methoxy groups -OCH3 is 1. The van der Waals surface area contributed by atoms with Crippen LogP contribution in [0.15, 0.2) is 66.7 Å². The minimum absolute atomic E-state index is 0.373. The first-order valence-electron chi connectivity index (χ1n) is 10.2. The number of nitrogens with one attached hydrogen (secondary N) is 1. The fourth-order valence-corrected chi connectivity index (χ4v) is 4.00. The number of amides is 1. The standard InChI is InChI=1S/C26H23ClN2O3/c1-16-5-4-6-20(13-16)28-26(31)25(30)24-17(2)29(15-18-7-9-19(27)10-8-18)23-12-11-21(32-3)14-22(23)24/h4-14H,15H2,1-3H3,(H,28,31). The van der Waals surface area contributed by atoms with Crippen molar-refractivity contribution in [2.24, 2.45) is 0 Å². The molecule has 162 valence electrons. The first-order chi connectivity index (χ1) is 15.4. The van der Waals surface area contributed by atoms with Gasteiger partial charge in [-0.2, -0.15) is 0 Å². The summed E-state index contributed by atoms with van der Waals surface area (Å²) in [7, 11) is 1.57. The molecular formula is C26H23ClN2O3. The zero-order chi connectivity index (χ0) is 22.8. The summed E-state index contributed by atoms with van der Waals surface area (Å²) in [5, 5.41) is 4.07. The van der Waals surface area contributed by atoms with E-state index >= 15 is 0 Å². The number of nitrogens with zero attached hydrogens (tertiary/aromatic N) is 1. The van der Waals surface area contributed by atoms with Crippen LogP contribution in [-0.2, 0) is 11.3 Å². The average molecular weight is 447 g/mol. The molecule has 0 atom stereocenters. The van der Waals surface area contributed by atoms with Gasteiger partial charge in [-0.15, -0.1) is 0 Å². The highest BCUT2D eigenvalue weighted by molar-refractivity contribution is 6.48. The topological polar surface area (TPSA) is 60.3 Å². The number of ketones is 1. The van der Waals surface area contributed by atoms with Gasteiger partial charge in [-0.1, -0.05) is 35.9 Å². The van der Waals surface area contributed by atoms with E-state index in [0.29, 0.717) is 39.6 Å². The molecule has 5 nitrogen and oxygen atoms in total. The number of fused-ring (bicyclic) bond motifs is 1. The predicted octanol–water partition coefficient (Wildman–Crippen LogP) is 5.79. The van der Waals surface area contributed by atoms with Crippen LogP contribution in [0, 0.1) is 13.8 Å². The molecule has 0 saturated heterocycles. The molecule has 0 aliphatic rings. The molecule has 1 N–H and O–H groups in total. The molecule has 1 amide bonds. The third-order valence-corrected chi connectivity index (χ3v) is 5.75. The van der Waals surface area contributed by atoms with Crippen molar-refractivity contribution in [2.45, 2.75) is 20.4 Å². The van der Waals surface area contributed by atoms with Crippen LogP contribution in [0.25, 0.3) is 10.9 Å². The summed E-state index contributed by atoms with van der Waals surface area (Å²) in [6.45, 7) is 4.33. The number of rotatable bonds is 6. The van der Waals surface area contributed by atoms with Crippen LogP contribution in [0.3, 0.4) is 0 Å². The van der Waals surface area contributed by atoms with E-state index in [-0.39, 0.29) is 0 Å². The number of aromatic nitrogens is 1. The van der Waals surface area contributed by atoms with Gasteiger partial charge < -0.3 is 14.6 Å². The maximum Gasteiger partial charge on any atom is 0.296 e. The SMILES string of the molecule is COc1ccc2c(c1)c(C(=O)C(=O)Nc1cccc(C)c1)c(C)n2Cc1ccc(Cl)cc1. The summed E-state index contributed by atoms with van der Waals surface area (Å²) in [6, 6.07) is 20.5. The maximum absolute atomic E-state index is 13.3. The number of hydrogen-bond donors (Lipinski definition) is 1. The minimum Gasteiger partial charge on any atom is -0.497 e. The lowest BCUT2D eigenvalue weighted by Crippen LogP contribution is -2.23. The first kappa shape index (κ1) is 21.7. The molecule has 4 aromatic rings. The van der Waals surface area contributed by atoms with Gasteiger partial charge in [0, 0.05) is 33.9 Å². The fourth-order valence-electron chi connectivity index (χ4n) is 3.88. The van der Waals surface area contributed by atoms with Crippen LogP contribution >= 0.6 is 11.6 Å². The van der Waals surface area contributed by atoms with Crippen molar-refractivity contribution in [3.8, 4) is 5.75 Å². The zero-order valence-electron chi connectivity index (χ0n) is 18.1.